The van der Waals surface area contributed by atoms with E-state index in [4.69, 9.17) is 16.3 Å². The van der Waals surface area contributed by atoms with Crippen molar-refractivity contribution in [1.29, 1.82) is 0 Å². The predicted octanol–water partition coefficient (Wildman–Crippen LogP) is 4.16. The number of hydrogen-bond acceptors (Lipinski definition) is 4. The minimum atomic E-state index is -0.858. The number of aromatic nitrogens is 1. The van der Waals surface area contributed by atoms with Gasteiger partial charge in [0.1, 0.15) is 5.69 Å². The van der Waals surface area contributed by atoms with E-state index in [1.165, 1.54) is 0 Å². The first-order valence-electron chi connectivity index (χ1n) is 9.50. The van der Waals surface area contributed by atoms with Crippen LogP contribution < -0.4 is 0 Å². The number of benzene rings is 2. The van der Waals surface area contributed by atoms with Gasteiger partial charge >= 0.3 is 5.97 Å². The zero-order valence-corrected chi connectivity index (χ0v) is 17.3. The molecule has 0 spiro atoms. The van der Waals surface area contributed by atoms with E-state index < -0.39 is 12.1 Å². The minimum Gasteiger partial charge on any atom is -0.447 e. The molecule has 1 aromatic heterocycles. The molecule has 2 heterocycles. The lowest BCUT2D eigenvalue weighted by atomic mass is 10.1. The number of H-pyrrole nitrogens is 1. The van der Waals surface area contributed by atoms with Crippen LogP contribution in [-0.2, 0) is 16.0 Å². The number of esters is 1. The molecule has 0 radical (unpaired) electrons. The molecule has 5 nitrogen and oxygen atoms in total. The zero-order valence-electron chi connectivity index (χ0n) is 15.8. The Morgan fingerprint density at radius 3 is 2.62 bits per heavy atom. The molecule has 2 aromatic carbocycles. The molecule has 1 fully saturated rings. The van der Waals surface area contributed by atoms with Crippen LogP contribution in [0.2, 0.25) is 5.02 Å². The third kappa shape index (κ3) is 4.77. The van der Waals surface area contributed by atoms with E-state index in [9.17, 15) is 9.59 Å². The average Bonchev–Trinajstić information content (AvgIpc) is 3.17. The topological polar surface area (TPSA) is 62.4 Å². The summed E-state index contributed by atoms with van der Waals surface area (Å²) in [7, 11) is 0. The molecule has 150 valence electrons. The van der Waals surface area contributed by atoms with Crippen LogP contribution in [0.5, 0.6) is 0 Å². The second-order valence-electron chi connectivity index (χ2n) is 6.94. The third-order valence-corrected chi connectivity index (χ3v) is 6.09. The fourth-order valence-corrected chi connectivity index (χ4v) is 4.48. The van der Waals surface area contributed by atoms with E-state index in [0.29, 0.717) is 30.2 Å². The van der Waals surface area contributed by atoms with Crippen LogP contribution in [-0.4, -0.2) is 52.5 Å². The Hall–Kier alpha value is -2.44. The smallest absolute Gasteiger partial charge is 0.355 e. The summed E-state index contributed by atoms with van der Waals surface area (Å²) in [5, 5.41) is 1.42. The minimum absolute atomic E-state index is 0.137. The molecule has 1 saturated heterocycles. The average molecular weight is 429 g/mol. The van der Waals surface area contributed by atoms with Gasteiger partial charge in [-0.15, -0.1) is 0 Å². The number of amides is 1. The first-order valence-corrected chi connectivity index (χ1v) is 11.0. The highest BCUT2D eigenvalue weighted by atomic mass is 35.5. The van der Waals surface area contributed by atoms with Gasteiger partial charge in [-0.2, -0.15) is 11.8 Å². The summed E-state index contributed by atoms with van der Waals surface area (Å²) in [6, 6.07) is 16.7. The molecule has 1 aliphatic rings. The Bertz CT molecular complexity index is 1020. The van der Waals surface area contributed by atoms with Gasteiger partial charge < -0.3 is 14.6 Å². The highest BCUT2D eigenvalue weighted by Gasteiger charge is 2.30. The Morgan fingerprint density at radius 1 is 1.10 bits per heavy atom. The number of carbonyl (C=O) groups excluding carboxylic acids is 2. The quantitative estimate of drug-likeness (QED) is 0.619. The maximum atomic E-state index is 13.1. The number of halogens is 1. The van der Waals surface area contributed by atoms with E-state index in [0.717, 1.165) is 28.0 Å². The molecule has 0 aliphatic carbocycles. The van der Waals surface area contributed by atoms with Gasteiger partial charge in [-0.3, -0.25) is 4.79 Å². The van der Waals surface area contributed by atoms with Crippen LogP contribution in [0.25, 0.3) is 10.9 Å². The number of rotatable bonds is 5. The van der Waals surface area contributed by atoms with Crippen molar-refractivity contribution >= 4 is 46.1 Å². The molecule has 0 bridgehead atoms. The lowest BCUT2D eigenvalue weighted by Gasteiger charge is -2.30. The van der Waals surface area contributed by atoms with Crippen molar-refractivity contribution in [1.82, 2.24) is 9.88 Å². The van der Waals surface area contributed by atoms with E-state index in [1.807, 2.05) is 48.2 Å². The second kappa shape index (κ2) is 8.93. The second-order valence-corrected chi connectivity index (χ2v) is 8.60. The number of thioether (sulfide) groups is 1. The summed E-state index contributed by atoms with van der Waals surface area (Å²) in [5.74, 6) is 1.13. The lowest BCUT2D eigenvalue weighted by molar-refractivity contribution is -0.140. The van der Waals surface area contributed by atoms with E-state index in [1.54, 1.807) is 23.1 Å². The molecule has 29 heavy (non-hydrogen) atoms. The normalized spacial score (nSPS) is 15.3. The molecule has 0 saturated carbocycles. The van der Waals surface area contributed by atoms with Crippen LogP contribution >= 0.6 is 23.4 Å². The molecular formula is C22H21ClN2O3S. The SMILES string of the molecule is O=C(O[C@@H](Cc1ccccc1)C(=O)N1CCSCC1)c1cc2cc(Cl)ccc2[nH]1. The fraction of sp³-hybridized carbons (Fsp3) is 0.273. The first kappa shape index (κ1) is 19.9. The largest absolute Gasteiger partial charge is 0.447 e. The summed E-state index contributed by atoms with van der Waals surface area (Å²) in [6.45, 7) is 1.36. The molecule has 3 aromatic rings. The molecule has 0 unspecified atom stereocenters. The highest BCUT2D eigenvalue weighted by molar-refractivity contribution is 7.99. The molecule has 7 heteroatoms. The number of ether oxygens (including phenoxy) is 1. The van der Waals surface area contributed by atoms with Crippen molar-refractivity contribution in [3.05, 3.63) is 70.9 Å². The Balaban J connectivity index is 1.55. The standard InChI is InChI=1S/C22H21ClN2O3S/c23-17-6-7-18-16(13-17)14-19(24-18)22(27)28-20(12-15-4-2-1-3-5-15)21(26)25-8-10-29-11-9-25/h1-7,13-14,20,24H,8-12H2/t20-/m0/s1. The number of nitrogens with zero attached hydrogens (tertiary/aromatic N) is 1. The third-order valence-electron chi connectivity index (χ3n) is 4.91. The van der Waals surface area contributed by atoms with E-state index in [2.05, 4.69) is 4.98 Å². The van der Waals surface area contributed by atoms with Crippen molar-refractivity contribution in [2.24, 2.45) is 0 Å². The molecule has 1 atom stereocenters. The maximum Gasteiger partial charge on any atom is 0.355 e. The van der Waals surface area contributed by atoms with Crippen LogP contribution in [0.15, 0.2) is 54.6 Å². The van der Waals surface area contributed by atoms with Gasteiger partial charge in [0, 0.05) is 46.9 Å². The highest BCUT2D eigenvalue weighted by Crippen LogP contribution is 2.21. The molecule has 4 rings (SSSR count). The molecule has 1 aliphatic heterocycles. The summed E-state index contributed by atoms with van der Waals surface area (Å²) in [6.07, 6.45) is -0.510. The van der Waals surface area contributed by atoms with E-state index >= 15 is 0 Å². The van der Waals surface area contributed by atoms with Gasteiger partial charge in [-0.05, 0) is 29.8 Å². The van der Waals surface area contributed by atoms with Crippen LogP contribution in [0.1, 0.15) is 16.1 Å². The number of hydrogen-bond donors (Lipinski definition) is 1. The van der Waals surface area contributed by atoms with Gasteiger partial charge in [0.25, 0.3) is 5.91 Å². The monoisotopic (exact) mass is 428 g/mol. The summed E-state index contributed by atoms with van der Waals surface area (Å²) >= 11 is 7.86. The first-order chi connectivity index (χ1) is 14.1. The van der Waals surface area contributed by atoms with Gasteiger partial charge in [-0.25, -0.2) is 4.79 Å². The number of fused-ring (bicyclic) bond motifs is 1. The zero-order chi connectivity index (χ0) is 20.2. The predicted molar refractivity (Wildman–Crippen MR) is 117 cm³/mol. The van der Waals surface area contributed by atoms with Crippen LogP contribution in [0.3, 0.4) is 0 Å². The van der Waals surface area contributed by atoms with Crippen molar-refractivity contribution in [3.8, 4) is 0 Å². The van der Waals surface area contributed by atoms with Gasteiger partial charge in [-0.1, -0.05) is 41.9 Å². The van der Waals surface area contributed by atoms with Gasteiger partial charge in [0.05, 0.1) is 0 Å². The summed E-state index contributed by atoms with van der Waals surface area (Å²) in [4.78, 5) is 30.8. The van der Waals surface area contributed by atoms with Crippen molar-refractivity contribution in [3.63, 3.8) is 0 Å². The Labute approximate surface area is 178 Å². The number of aromatic amines is 1. The molecule has 1 amide bonds. The Kier molecular flexibility index (Phi) is 6.11. The number of carbonyl (C=O) groups is 2. The van der Waals surface area contributed by atoms with Gasteiger partial charge in [0.15, 0.2) is 6.10 Å². The summed E-state index contributed by atoms with van der Waals surface area (Å²) < 4.78 is 5.71. The maximum absolute atomic E-state index is 13.1. The van der Waals surface area contributed by atoms with Crippen molar-refractivity contribution < 1.29 is 14.3 Å². The lowest BCUT2D eigenvalue weighted by Crippen LogP contribution is -2.46. The van der Waals surface area contributed by atoms with Gasteiger partial charge in [0.2, 0.25) is 0 Å². The number of nitrogens with one attached hydrogen (secondary N) is 1. The van der Waals surface area contributed by atoms with Crippen molar-refractivity contribution in [2.75, 3.05) is 24.6 Å². The van der Waals surface area contributed by atoms with Crippen LogP contribution in [0.4, 0.5) is 0 Å². The van der Waals surface area contributed by atoms with Crippen LogP contribution in [0, 0.1) is 0 Å². The van der Waals surface area contributed by atoms with Crippen molar-refractivity contribution in [2.45, 2.75) is 12.5 Å². The fourth-order valence-electron chi connectivity index (χ4n) is 3.40. The summed E-state index contributed by atoms with van der Waals surface area (Å²) in [5.41, 5.74) is 2.05. The van der Waals surface area contributed by atoms with E-state index in [-0.39, 0.29) is 5.91 Å². The molecule has 1 N–H and O–H groups in total. The Morgan fingerprint density at radius 2 is 1.86 bits per heavy atom. The molecular weight excluding hydrogens is 408 g/mol.